The van der Waals surface area contributed by atoms with Gasteiger partial charge in [0.1, 0.15) is 11.5 Å². The van der Waals surface area contributed by atoms with Crippen LogP contribution in [0.2, 0.25) is 0 Å². The minimum Gasteiger partial charge on any atom is -0.507 e. The molecule has 0 aromatic heterocycles. The van der Waals surface area contributed by atoms with E-state index in [2.05, 4.69) is 41.5 Å². The van der Waals surface area contributed by atoms with Gasteiger partial charge in [0, 0.05) is 35.6 Å². The zero-order valence-electron chi connectivity index (χ0n) is 25.1. The summed E-state index contributed by atoms with van der Waals surface area (Å²) in [5.41, 5.74) is 3.45. The van der Waals surface area contributed by atoms with Crippen molar-refractivity contribution < 1.29 is 10.2 Å². The van der Waals surface area contributed by atoms with Gasteiger partial charge < -0.3 is 10.2 Å². The molecule has 0 amide bonds. The molecule has 0 atom stereocenters. The van der Waals surface area contributed by atoms with Crippen molar-refractivity contribution in [2.24, 2.45) is 21.8 Å². The first kappa shape index (κ1) is 29.4. The summed E-state index contributed by atoms with van der Waals surface area (Å²) in [4.78, 5) is 9.76. The fourth-order valence-corrected chi connectivity index (χ4v) is 6.44. The monoisotopic (exact) mass is 530 g/mol. The highest BCUT2D eigenvalue weighted by Gasteiger charge is 2.27. The molecular weight excluding hydrogens is 480 g/mol. The van der Waals surface area contributed by atoms with Gasteiger partial charge in [0.2, 0.25) is 0 Å². The smallest absolute Gasteiger partial charge is 0.128 e. The first-order chi connectivity index (χ1) is 18.4. The third-order valence-corrected chi connectivity index (χ3v) is 8.90. The maximum atomic E-state index is 10.7. The van der Waals surface area contributed by atoms with Crippen molar-refractivity contribution in [1.29, 1.82) is 0 Å². The van der Waals surface area contributed by atoms with Crippen LogP contribution in [0.25, 0.3) is 0 Å². The second-order valence-electron chi connectivity index (χ2n) is 14.1. The molecule has 0 spiro atoms. The van der Waals surface area contributed by atoms with Gasteiger partial charge >= 0.3 is 0 Å². The predicted molar refractivity (Wildman–Crippen MR) is 165 cm³/mol. The number of phenols is 2. The lowest BCUT2D eigenvalue weighted by atomic mass is 9.76. The van der Waals surface area contributed by atoms with Crippen LogP contribution in [-0.2, 0) is 10.8 Å². The Balaban J connectivity index is 1.22. The Bertz CT molecular complexity index is 1060. The number of para-hydroxylation sites is 2. The normalized spacial score (nSPS) is 25.0. The van der Waals surface area contributed by atoms with Gasteiger partial charge in [-0.05, 0) is 104 Å². The standard InChI is InChI=1S/C35H50N2O2/c1-34(2,3)30-11-7-9-26(32(30)38)22-36-28-17-13-24(14-18-28)21-25-15-19-29(20-16-25)37-23-27-10-8-12-31(33(27)39)35(4,5)6/h7-12,22-25,28-29,38-39H,13-21H2,1-6H3/b36-22+,37-23+. The number of aromatic hydroxyl groups is 2. The summed E-state index contributed by atoms with van der Waals surface area (Å²) in [6, 6.07) is 12.7. The van der Waals surface area contributed by atoms with Crippen LogP contribution in [-0.4, -0.2) is 34.7 Å². The number of hydrogen-bond acceptors (Lipinski definition) is 4. The summed E-state index contributed by atoms with van der Waals surface area (Å²) >= 11 is 0. The van der Waals surface area contributed by atoms with E-state index in [-0.39, 0.29) is 10.8 Å². The zero-order valence-corrected chi connectivity index (χ0v) is 25.1. The van der Waals surface area contributed by atoms with Gasteiger partial charge in [-0.3, -0.25) is 9.98 Å². The van der Waals surface area contributed by atoms with E-state index in [1.54, 1.807) is 0 Å². The highest BCUT2D eigenvalue weighted by molar-refractivity contribution is 5.85. The van der Waals surface area contributed by atoms with Crippen molar-refractivity contribution in [1.82, 2.24) is 0 Å². The Morgan fingerprint density at radius 2 is 0.974 bits per heavy atom. The summed E-state index contributed by atoms with van der Waals surface area (Å²) in [5.74, 6) is 2.38. The average molecular weight is 531 g/mol. The molecule has 2 saturated carbocycles. The summed E-state index contributed by atoms with van der Waals surface area (Å²) in [5, 5.41) is 21.5. The molecule has 0 bridgehead atoms. The third kappa shape index (κ3) is 7.74. The van der Waals surface area contributed by atoms with Gasteiger partial charge in [-0.15, -0.1) is 0 Å². The van der Waals surface area contributed by atoms with Crippen molar-refractivity contribution in [3.8, 4) is 11.5 Å². The number of hydrogen-bond donors (Lipinski definition) is 2. The molecule has 4 nitrogen and oxygen atoms in total. The number of nitrogens with zero attached hydrogens (tertiary/aromatic N) is 2. The van der Waals surface area contributed by atoms with Crippen molar-refractivity contribution in [2.45, 2.75) is 122 Å². The number of rotatable bonds is 6. The molecule has 212 valence electrons. The molecule has 2 N–H and O–H groups in total. The van der Waals surface area contributed by atoms with E-state index < -0.39 is 0 Å². The van der Waals surface area contributed by atoms with Crippen molar-refractivity contribution in [2.75, 3.05) is 0 Å². The summed E-state index contributed by atoms with van der Waals surface area (Å²) in [6.07, 6.45) is 14.8. The molecule has 2 aromatic carbocycles. The molecule has 4 rings (SSSR count). The van der Waals surface area contributed by atoms with Gasteiger partial charge in [-0.25, -0.2) is 0 Å². The van der Waals surface area contributed by atoms with Crippen LogP contribution in [0.3, 0.4) is 0 Å². The Hall–Kier alpha value is -2.62. The molecule has 0 aliphatic heterocycles. The number of phenolic OH excluding ortho intramolecular Hbond substituents is 2. The van der Waals surface area contributed by atoms with Gasteiger partial charge in [-0.1, -0.05) is 65.8 Å². The topological polar surface area (TPSA) is 65.2 Å². The third-order valence-electron chi connectivity index (χ3n) is 8.90. The van der Waals surface area contributed by atoms with Crippen LogP contribution in [0.5, 0.6) is 11.5 Å². The summed E-state index contributed by atoms with van der Waals surface area (Å²) in [6.45, 7) is 12.8. The number of aliphatic imine (C=N–C) groups is 2. The van der Waals surface area contributed by atoms with E-state index in [0.29, 0.717) is 23.6 Å². The van der Waals surface area contributed by atoms with E-state index in [0.717, 1.165) is 59.8 Å². The summed E-state index contributed by atoms with van der Waals surface area (Å²) in [7, 11) is 0. The Kier molecular flexibility index (Phi) is 9.24. The molecule has 39 heavy (non-hydrogen) atoms. The van der Waals surface area contributed by atoms with Crippen LogP contribution in [0.4, 0.5) is 0 Å². The molecule has 2 aliphatic carbocycles. The van der Waals surface area contributed by atoms with Crippen molar-refractivity contribution in [3.05, 3.63) is 58.7 Å². The Morgan fingerprint density at radius 3 is 1.31 bits per heavy atom. The molecule has 0 radical (unpaired) electrons. The van der Waals surface area contributed by atoms with E-state index >= 15 is 0 Å². The molecule has 0 saturated heterocycles. The lowest BCUT2D eigenvalue weighted by Crippen LogP contribution is -2.23. The lowest BCUT2D eigenvalue weighted by Gasteiger charge is -2.32. The zero-order chi connectivity index (χ0) is 28.2. The van der Waals surface area contributed by atoms with E-state index in [4.69, 9.17) is 9.98 Å². The fourth-order valence-electron chi connectivity index (χ4n) is 6.44. The molecule has 0 heterocycles. The molecular formula is C35H50N2O2. The Morgan fingerprint density at radius 1 is 0.615 bits per heavy atom. The van der Waals surface area contributed by atoms with Crippen molar-refractivity contribution >= 4 is 12.4 Å². The SMILES string of the molecule is CC(C)(C)c1cccc(/C=N/C2CCC(CC3CCC(/N=C/c4cccc(C(C)(C)C)c4O)CC3)CC2)c1O. The van der Waals surface area contributed by atoms with Gasteiger partial charge in [0.15, 0.2) is 0 Å². The van der Waals surface area contributed by atoms with Gasteiger partial charge in [0.25, 0.3) is 0 Å². The first-order valence-corrected chi connectivity index (χ1v) is 15.1. The average Bonchev–Trinajstić information content (AvgIpc) is 2.88. The van der Waals surface area contributed by atoms with Gasteiger partial charge in [0.05, 0.1) is 0 Å². The second-order valence-corrected chi connectivity index (χ2v) is 14.1. The lowest BCUT2D eigenvalue weighted by molar-refractivity contribution is 0.226. The maximum absolute atomic E-state index is 10.7. The fraction of sp³-hybridized carbons (Fsp3) is 0.600. The molecule has 2 aliphatic rings. The Labute approximate surface area is 236 Å². The van der Waals surface area contributed by atoms with Crippen LogP contribution in [0.1, 0.15) is 122 Å². The maximum Gasteiger partial charge on any atom is 0.128 e. The minimum absolute atomic E-state index is 0.0848. The molecule has 0 unspecified atom stereocenters. The highest BCUT2D eigenvalue weighted by atomic mass is 16.3. The molecule has 2 fully saturated rings. The van der Waals surface area contributed by atoms with Crippen LogP contribution >= 0.6 is 0 Å². The molecule has 4 heteroatoms. The highest BCUT2D eigenvalue weighted by Crippen LogP contribution is 2.38. The van der Waals surface area contributed by atoms with Crippen LogP contribution in [0.15, 0.2) is 46.4 Å². The first-order valence-electron chi connectivity index (χ1n) is 15.1. The molecule has 2 aromatic rings. The largest absolute Gasteiger partial charge is 0.507 e. The van der Waals surface area contributed by atoms with Gasteiger partial charge in [-0.2, -0.15) is 0 Å². The predicted octanol–water partition coefficient (Wildman–Crippen LogP) is 8.74. The van der Waals surface area contributed by atoms with E-state index in [9.17, 15) is 10.2 Å². The van der Waals surface area contributed by atoms with E-state index in [1.165, 1.54) is 32.1 Å². The summed E-state index contributed by atoms with van der Waals surface area (Å²) < 4.78 is 0. The quantitative estimate of drug-likeness (QED) is 0.367. The van der Waals surface area contributed by atoms with Crippen molar-refractivity contribution in [3.63, 3.8) is 0 Å². The minimum atomic E-state index is -0.0848. The van der Waals surface area contributed by atoms with E-state index in [1.807, 2.05) is 48.8 Å². The van der Waals surface area contributed by atoms with Crippen LogP contribution in [0, 0.1) is 11.8 Å². The second kappa shape index (κ2) is 12.3. The number of benzene rings is 2. The van der Waals surface area contributed by atoms with Crippen LogP contribution < -0.4 is 0 Å².